The minimum Gasteiger partial charge on any atom is -0.381 e. The Labute approximate surface area is 128 Å². The number of hydrogen-bond acceptors (Lipinski definition) is 2. The first-order valence-electron chi connectivity index (χ1n) is 6.29. The Bertz CT molecular complexity index is 630. The lowest BCUT2D eigenvalue weighted by Crippen LogP contribution is -2.18. The van der Waals surface area contributed by atoms with Crippen LogP contribution in [0.25, 0.3) is 0 Å². The molecule has 0 spiro atoms. The van der Waals surface area contributed by atoms with Crippen molar-refractivity contribution in [2.24, 2.45) is 0 Å². The monoisotopic (exact) mass is 304 g/mol. The molecule has 2 aromatic carbocycles. The smallest absolute Gasteiger partial charge is 0.0992 e. The highest BCUT2D eigenvalue weighted by atomic mass is 35.5. The highest BCUT2D eigenvalue weighted by Crippen LogP contribution is 2.24. The van der Waals surface area contributed by atoms with Gasteiger partial charge in [-0.2, -0.15) is 5.26 Å². The normalized spacial score (nSPS) is 11.7. The Balaban J connectivity index is 2.06. The first-order valence-corrected chi connectivity index (χ1v) is 7.04. The molecule has 2 rings (SSSR count). The van der Waals surface area contributed by atoms with Gasteiger partial charge in [0.05, 0.1) is 22.3 Å². The van der Waals surface area contributed by atoms with Gasteiger partial charge in [-0.3, -0.25) is 0 Å². The van der Waals surface area contributed by atoms with Crippen LogP contribution in [-0.4, -0.2) is 6.04 Å². The molecule has 0 amide bonds. The zero-order valence-corrected chi connectivity index (χ0v) is 12.5. The van der Waals surface area contributed by atoms with E-state index in [0.29, 0.717) is 10.6 Å². The quantitative estimate of drug-likeness (QED) is 0.871. The van der Waals surface area contributed by atoms with Crippen molar-refractivity contribution >= 4 is 28.9 Å². The van der Waals surface area contributed by atoms with Gasteiger partial charge in [-0.25, -0.2) is 0 Å². The number of hydrogen-bond donors (Lipinski definition) is 1. The lowest BCUT2D eigenvalue weighted by Gasteiger charge is -2.16. The summed E-state index contributed by atoms with van der Waals surface area (Å²) in [4.78, 5) is 0. The van der Waals surface area contributed by atoms with Gasteiger partial charge in [0.2, 0.25) is 0 Å². The fourth-order valence-corrected chi connectivity index (χ4v) is 2.29. The van der Waals surface area contributed by atoms with E-state index < -0.39 is 0 Å². The van der Waals surface area contributed by atoms with Crippen LogP contribution in [-0.2, 0) is 6.42 Å². The number of nitrogens with zero attached hydrogens (tertiary/aromatic N) is 1. The van der Waals surface area contributed by atoms with Gasteiger partial charge in [-0.05, 0) is 49.2 Å². The predicted molar refractivity (Wildman–Crippen MR) is 84.4 cm³/mol. The summed E-state index contributed by atoms with van der Waals surface area (Å²) in [6, 6.07) is 15.3. The molecule has 0 aliphatic rings. The topological polar surface area (TPSA) is 35.8 Å². The second-order valence-electron chi connectivity index (χ2n) is 4.68. The third-order valence-electron chi connectivity index (χ3n) is 2.95. The van der Waals surface area contributed by atoms with Crippen LogP contribution in [0.2, 0.25) is 10.0 Å². The molecule has 2 aromatic rings. The van der Waals surface area contributed by atoms with Crippen LogP contribution in [0.15, 0.2) is 42.5 Å². The van der Waals surface area contributed by atoms with E-state index in [1.165, 1.54) is 5.56 Å². The molecule has 0 heterocycles. The molecule has 0 aromatic heterocycles. The molecule has 0 aliphatic heterocycles. The Hall–Kier alpha value is -1.69. The number of anilines is 1. The average molecular weight is 305 g/mol. The summed E-state index contributed by atoms with van der Waals surface area (Å²) in [7, 11) is 0. The molecule has 4 heteroatoms. The molecule has 0 saturated heterocycles. The summed E-state index contributed by atoms with van der Waals surface area (Å²) >= 11 is 12.0. The minimum absolute atomic E-state index is 0.197. The minimum atomic E-state index is 0.197. The van der Waals surface area contributed by atoms with Crippen molar-refractivity contribution < 1.29 is 0 Å². The average Bonchev–Trinajstić information content (AvgIpc) is 2.44. The van der Waals surface area contributed by atoms with Gasteiger partial charge in [0.25, 0.3) is 0 Å². The summed E-state index contributed by atoms with van der Waals surface area (Å²) in [6.45, 7) is 2.07. The molecule has 2 nitrogen and oxygen atoms in total. The van der Waals surface area contributed by atoms with E-state index in [-0.39, 0.29) is 6.04 Å². The van der Waals surface area contributed by atoms with Crippen LogP contribution in [0.3, 0.4) is 0 Å². The van der Waals surface area contributed by atoms with E-state index in [0.717, 1.165) is 17.1 Å². The van der Waals surface area contributed by atoms with E-state index in [4.69, 9.17) is 28.5 Å². The van der Waals surface area contributed by atoms with Gasteiger partial charge in [-0.15, -0.1) is 0 Å². The molecule has 1 N–H and O–H groups in total. The number of nitriles is 1. The van der Waals surface area contributed by atoms with Crippen molar-refractivity contribution in [3.05, 3.63) is 63.6 Å². The van der Waals surface area contributed by atoms with Crippen molar-refractivity contribution in [1.29, 1.82) is 5.26 Å². The van der Waals surface area contributed by atoms with Crippen molar-refractivity contribution in [2.75, 3.05) is 5.32 Å². The van der Waals surface area contributed by atoms with E-state index in [1.54, 1.807) is 18.2 Å². The number of benzene rings is 2. The standard InChI is InChI=1S/C16H14Cl2N2/c1-11(8-12-2-5-14(17)6-3-12)20-16-9-13(10-19)4-7-15(16)18/h2-7,9,11,20H,8H2,1H3. The van der Waals surface area contributed by atoms with Gasteiger partial charge in [0.1, 0.15) is 0 Å². The fraction of sp³-hybridized carbons (Fsp3) is 0.188. The molecule has 0 saturated carbocycles. The molecular formula is C16H14Cl2N2. The second-order valence-corrected chi connectivity index (χ2v) is 5.53. The summed E-state index contributed by atoms with van der Waals surface area (Å²) < 4.78 is 0. The summed E-state index contributed by atoms with van der Waals surface area (Å²) in [5.41, 5.74) is 2.57. The first-order chi connectivity index (χ1) is 9.58. The Morgan fingerprint density at radius 1 is 1.15 bits per heavy atom. The molecule has 1 unspecified atom stereocenters. The maximum Gasteiger partial charge on any atom is 0.0992 e. The van der Waals surface area contributed by atoms with Crippen LogP contribution >= 0.6 is 23.2 Å². The van der Waals surface area contributed by atoms with E-state index in [2.05, 4.69) is 18.3 Å². The molecule has 0 fully saturated rings. The highest BCUT2D eigenvalue weighted by molar-refractivity contribution is 6.33. The zero-order chi connectivity index (χ0) is 14.5. The number of rotatable bonds is 4. The Kier molecular flexibility index (Phi) is 4.89. The molecular weight excluding hydrogens is 291 g/mol. The number of nitrogens with one attached hydrogen (secondary N) is 1. The Morgan fingerprint density at radius 3 is 2.50 bits per heavy atom. The first kappa shape index (κ1) is 14.7. The SMILES string of the molecule is CC(Cc1ccc(Cl)cc1)Nc1cc(C#N)ccc1Cl. The zero-order valence-electron chi connectivity index (χ0n) is 11.0. The van der Waals surface area contributed by atoms with Gasteiger partial charge in [0, 0.05) is 11.1 Å². The van der Waals surface area contributed by atoms with Crippen LogP contribution in [0.4, 0.5) is 5.69 Å². The lowest BCUT2D eigenvalue weighted by atomic mass is 10.1. The van der Waals surface area contributed by atoms with Crippen molar-refractivity contribution in [3.8, 4) is 6.07 Å². The summed E-state index contributed by atoms with van der Waals surface area (Å²) in [6.07, 6.45) is 0.851. The number of halogens is 2. The fourth-order valence-electron chi connectivity index (χ4n) is 2.00. The maximum absolute atomic E-state index is 8.91. The third-order valence-corrected chi connectivity index (χ3v) is 3.53. The molecule has 102 valence electrons. The van der Waals surface area contributed by atoms with Gasteiger partial charge in [0.15, 0.2) is 0 Å². The van der Waals surface area contributed by atoms with Crippen LogP contribution in [0, 0.1) is 11.3 Å². The van der Waals surface area contributed by atoms with Crippen molar-refractivity contribution in [2.45, 2.75) is 19.4 Å². The van der Waals surface area contributed by atoms with E-state index in [9.17, 15) is 0 Å². The van der Waals surface area contributed by atoms with Crippen LogP contribution in [0.5, 0.6) is 0 Å². The molecule has 20 heavy (non-hydrogen) atoms. The van der Waals surface area contributed by atoms with Crippen molar-refractivity contribution in [3.63, 3.8) is 0 Å². The lowest BCUT2D eigenvalue weighted by molar-refractivity contribution is 0.790. The van der Waals surface area contributed by atoms with Gasteiger partial charge < -0.3 is 5.32 Å². The third kappa shape index (κ3) is 3.90. The predicted octanol–water partition coefficient (Wildman–Crippen LogP) is 4.91. The van der Waals surface area contributed by atoms with E-state index in [1.807, 2.05) is 24.3 Å². The van der Waals surface area contributed by atoms with Crippen LogP contribution in [0.1, 0.15) is 18.1 Å². The van der Waals surface area contributed by atoms with Crippen LogP contribution < -0.4 is 5.32 Å². The van der Waals surface area contributed by atoms with E-state index >= 15 is 0 Å². The summed E-state index contributed by atoms with van der Waals surface area (Å²) in [5, 5.41) is 13.6. The largest absolute Gasteiger partial charge is 0.381 e. The molecule has 1 atom stereocenters. The van der Waals surface area contributed by atoms with Crippen molar-refractivity contribution in [1.82, 2.24) is 0 Å². The summed E-state index contributed by atoms with van der Waals surface area (Å²) in [5.74, 6) is 0. The Morgan fingerprint density at radius 2 is 1.85 bits per heavy atom. The van der Waals surface area contributed by atoms with Gasteiger partial charge in [-0.1, -0.05) is 35.3 Å². The van der Waals surface area contributed by atoms with Gasteiger partial charge >= 0.3 is 0 Å². The highest BCUT2D eigenvalue weighted by Gasteiger charge is 2.07. The maximum atomic E-state index is 8.91. The molecule has 0 radical (unpaired) electrons. The molecule has 0 aliphatic carbocycles. The molecule has 0 bridgehead atoms. The second kappa shape index (κ2) is 6.65.